The van der Waals surface area contributed by atoms with Crippen molar-refractivity contribution in [3.63, 3.8) is 0 Å². The molecular weight excluding hydrogens is 248 g/mol. The van der Waals surface area contributed by atoms with Gasteiger partial charge in [0, 0.05) is 18.9 Å². The second-order valence-corrected chi connectivity index (χ2v) is 3.62. The van der Waals surface area contributed by atoms with E-state index in [1.165, 1.54) is 0 Å². The van der Waals surface area contributed by atoms with Crippen LogP contribution >= 0.6 is 15.9 Å². The van der Waals surface area contributed by atoms with Gasteiger partial charge in [0.1, 0.15) is 0 Å². The lowest BCUT2D eigenvalue weighted by Gasteiger charge is -2.16. The summed E-state index contributed by atoms with van der Waals surface area (Å²) in [4.78, 5) is 6.10. The average molecular weight is 257 g/mol. The molecule has 0 bridgehead atoms. The molecule has 6 nitrogen and oxygen atoms in total. The van der Waals surface area contributed by atoms with E-state index in [4.69, 9.17) is 0 Å². The van der Waals surface area contributed by atoms with Gasteiger partial charge in [-0.3, -0.25) is 4.98 Å². The largest absolute Gasteiger partial charge is 0.357 e. The van der Waals surface area contributed by atoms with E-state index in [9.17, 15) is 0 Å². The Bertz CT molecular complexity index is 427. The van der Waals surface area contributed by atoms with Crippen LogP contribution < -0.4 is 4.90 Å². The van der Waals surface area contributed by atoms with Crippen molar-refractivity contribution in [2.24, 2.45) is 0 Å². The van der Waals surface area contributed by atoms with Crippen molar-refractivity contribution in [1.82, 2.24) is 25.0 Å². The Morgan fingerprint density at radius 3 is 3.14 bits per heavy atom. The van der Waals surface area contributed by atoms with Crippen molar-refractivity contribution < 1.29 is 0 Å². The minimum Gasteiger partial charge on any atom is -0.357 e. The van der Waals surface area contributed by atoms with Crippen LogP contribution in [-0.4, -0.2) is 43.9 Å². The van der Waals surface area contributed by atoms with Crippen LogP contribution in [0.5, 0.6) is 0 Å². The molecule has 0 atom stereocenters. The van der Waals surface area contributed by atoms with E-state index < -0.39 is 0 Å². The van der Waals surface area contributed by atoms with E-state index in [0.29, 0.717) is 5.65 Å². The second-order valence-electron chi connectivity index (χ2n) is 2.82. The monoisotopic (exact) mass is 256 g/mol. The van der Waals surface area contributed by atoms with Crippen LogP contribution in [0.4, 0.5) is 5.82 Å². The molecule has 0 radical (unpaired) electrons. The van der Waals surface area contributed by atoms with Crippen LogP contribution in [0.2, 0.25) is 0 Å². The Morgan fingerprint density at radius 1 is 1.50 bits per heavy atom. The highest BCUT2D eigenvalue weighted by molar-refractivity contribution is 9.09. The van der Waals surface area contributed by atoms with Gasteiger partial charge in [-0.1, -0.05) is 15.9 Å². The number of aromatic nitrogens is 5. The number of anilines is 1. The third-order valence-electron chi connectivity index (χ3n) is 1.90. The van der Waals surface area contributed by atoms with E-state index in [-0.39, 0.29) is 0 Å². The maximum absolute atomic E-state index is 4.07. The summed E-state index contributed by atoms with van der Waals surface area (Å²) in [5.41, 5.74) is 0.656. The molecule has 2 heterocycles. The van der Waals surface area contributed by atoms with Gasteiger partial charge in [0.2, 0.25) is 0 Å². The Kier molecular flexibility index (Phi) is 2.58. The predicted octanol–water partition coefficient (Wildman–Crippen LogP) is 0.350. The second kappa shape index (κ2) is 3.87. The number of hydrogen-bond acceptors (Lipinski definition) is 5. The number of alkyl halides is 1. The van der Waals surface area contributed by atoms with Crippen molar-refractivity contribution in [2.75, 3.05) is 23.8 Å². The molecule has 0 unspecified atom stereocenters. The van der Waals surface area contributed by atoms with Crippen LogP contribution in [0.15, 0.2) is 12.4 Å². The maximum Gasteiger partial charge on any atom is 0.199 e. The molecule has 0 saturated heterocycles. The topological polar surface area (TPSA) is 59.2 Å². The van der Waals surface area contributed by atoms with Gasteiger partial charge >= 0.3 is 0 Å². The van der Waals surface area contributed by atoms with E-state index >= 15 is 0 Å². The summed E-state index contributed by atoms with van der Waals surface area (Å²) < 4.78 is 1.66. The molecule has 2 aromatic rings. The van der Waals surface area contributed by atoms with Crippen LogP contribution in [0.3, 0.4) is 0 Å². The first-order valence-electron chi connectivity index (χ1n) is 4.12. The molecule has 2 rings (SSSR count). The molecule has 7 heteroatoms. The van der Waals surface area contributed by atoms with Crippen molar-refractivity contribution in [3.05, 3.63) is 12.4 Å². The number of tetrazole rings is 1. The first-order valence-corrected chi connectivity index (χ1v) is 5.24. The fraction of sp³-hybridized carbons (Fsp3) is 0.429. The zero-order chi connectivity index (χ0) is 9.97. The molecule has 0 aliphatic heterocycles. The summed E-state index contributed by atoms with van der Waals surface area (Å²) in [5.74, 6) is 0.881. The fourth-order valence-electron chi connectivity index (χ4n) is 1.16. The van der Waals surface area contributed by atoms with Crippen molar-refractivity contribution >= 4 is 27.4 Å². The third kappa shape index (κ3) is 1.54. The van der Waals surface area contributed by atoms with E-state index in [2.05, 4.69) is 36.4 Å². The van der Waals surface area contributed by atoms with Gasteiger partial charge in [-0.05, 0) is 10.4 Å². The molecule has 0 spiro atoms. The summed E-state index contributed by atoms with van der Waals surface area (Å²) in [7, 11) is 1.97. The van der Waals surface area contributed by atoms with Crippen LogP contribution in [-0.2, 0) is 0 Å². The first-order chi connectivity index (χ1) is 6.83. The zero-order valence-electron chi connectivity index (χ0n) is 7.63. The molecule has 0 saturated carbocycles. The minimum absolute atomic E-state index is 0.656. The predicted molar refractivity (Wildman–Crippen MR) is 55.6 cm³/mol. The molecular formula is C7H9BrN6. The van der Waals surface area contributed by atoms with Gasteiger partial charge in [-0.25, -0.2) is 0 Å². The van der Waals surface area contributed by atoms with E-state index in [1.54, 1.807) is 16.9 Å². The highest BCUT2D eigenvalue weighted by atomic mass is 79.9. The number of hydrogen-bond donors (Lipinski definition) is 0. The fourth-order valence-corrected chi connectivity index (χ4v) is 1.70. The standard InChI is InChI=1S/C7H9BrN6/c1-13(3-2-8)7-5-9-4-6-10-11-12-14(6)7/h4-5H,2-3H2,1H3. The van der Waals surface area contributed by atoms with Gasteiger partial charge in [-0.15, -0.1) is 5.10 Å². The van der Waals surface area contributed by atoms with Crippen LogP contribution in [0.25, 0.3) is 5.65 Å². The quantitative estimate of drug-likeness (QED) is 0.742. The van der Waals surface area contributed by atoms with Gasteiger partial charge < -0.3 is 4.90 Å². The van der Waals surface area contributed by atoms with Crippen LogP contribution in [0.1, 0.15) is 0 Å². The van der Waals surface area contributed by atoms with Gasteiger partial charge in [0.25, 0.3) is 0 Å². The summed E-state index contributed by atoms with van der Waals surface area (Å²) >= 11 is 3.38. The molecule has 0 aliphatic rings. The Morgan fingerprint density at radius 2 is 2.36 bits per heavy atom. The van der Waals surface area contributed by atoms with E-state index in [1.807, 2.05) is 11.9 Å². The number of fused-ring (bicyclic) bond motifs is 1. The molecule has 0 aromatic carbocycles. The maximum atomic E-state index is 4.07. The highest BCUT2D eigenvalue weighted by Crippen LogP contribution is 2.10. The molecule has 0 amide bonds. The normalized spacial score (nSPS) is 10.7. The summed E-state index contributed by atoms with van der Waals surface area (Å²) in [6.07, 6.45) is 3.37. The lowest BCUT2D eigenvalue weighted by molar-refractivity contribution is 0.794. The highest BCUT2D eigenvalue weighted by Gasteiger charge is 2.07. The molecule has 74 valence electrons. The molecule has 14 heavy (non-hydrogen) atoms. The summed E-state index contributed by atoms with van der Waals surface area (Å²) in [6, 6.07) is 0. The summed E-state index contributed by atoms with van der Waals surface area (Å²) in [6.45, 7) is 0.876. The molecule has 0 N–H and O–H groups in total. The van der Waals surface area contributed by atoms with Gasteiger partial charge in [-0.2, -0.15) is 4.52 Å². The lowest BCUT2D eigenvalue weighted by atomic mass is 10.5. The van der Waals surface area contributed by atoms with Crippen molar-refractivity contribution in [3.8, 4) is 0 Å². The third-order valence-corrected chi connectivity index (χ3v) is 2.26. The van der Waals surface area contributed by atoms with E-state index in [0.717, 1.165) is 17.7 Å². The zero-order valence-corrected chi connectivity index (χ0v) is 9.22. The number of rotatable bonds is 3. The lowest BCUT2D eigenvalue weighted by Crippen LogP contribution is -2.22. The van der Waals surface area contributed by atoms with Crippen LogP contribution in [0, 0.1) is 0 Å². The molecule has 0 aliphatic carbocycles. The van der Waals surface area contributed by atoms with Gasteiger partial charge in [0.15, 0.2) is 11.5 Å². The Labute approximate surface area is 89.1 Å². The molecule has 0 fully saturated rings. The van der Waals surface area contributed by atoms with Crippen molar-refractivity contribution in [2.45, 2.75) is 0 Å². The first kappa shape index (κ1) is 9.32. The Balaban J connectivity index is 2.45. The number of halogens is 1. The minimum atomic E-state index is 0.656. The van der Waals surface area contributed by atoms with Crippen molar-refractivity contribution in [1.29, 1.82) is 0 Å². The average Bonchev–Trinajstić information content (AvgIpc) is 2.65. The molecule has 2 aromatic heterocycles. The van der Waals surface area contributed by atoms with Gasteiger partial charge in [0.05, 0.1) is 12.4 Å². The SMILES string of the molecule is CN(CCBr)c1cncc2nnnn12. The number of nitrogens with zero attached hydrogens (tertiary/aromatic N) is 6. The Hall–Kier alpha value is -1.24. The smallest absolute Gasteiger partial charge is 0.199 e. The summed E-state index contributed by atoms with van der Waals surface area (Å²) in [5, 5.41) is 12.2.